The number of hydrogen-bond acceptors (Lipinski definition) is 5. The number of phenolic OH excluding ortho intramolecular Hbond substituents is 1. The predicted molar refractivity (Wildman–Crippen MR) is 111 cm³/mol. The van der Waals surface area contributed by atoms with Gasteiger partial charge in [0.1, 0.15) is 5.75 Å². The standard InChI is InChI=1S/C21H25N3O4S/c1-15-7-9-18(10-8-15)29(27,28)24-13-11-17(12-14-24)21(26)23-22-16(2)19-5-3-4-6-20(19)25/h3-10,17,25H,11-14H2,1-2H3,(H,23,26)/b22-16+. The maximum Gasteiger partial charge on any atom is 0.243 e. The van der Waals surface area contributed by atoms with E-state index in [9.17, 15) is 18.3 Å². The molecule has 2 N–H and O–H groups in total. The number of carbonyl (C=O) groups excluding carboxylic acids is 1. The van der Waals surface area contributed by atoms with Crippen LogP contribution in [-0.4, -0.2) is 42.5 Å². The van der Waals surface area contributed by atoms with Gasteiger partial charge in [0.15, 0.2) is 0 Å². The molecule has 1 amide bonds. The normalized spacial score (nSPS) is 16.6. The lowest BCUT2D eigenvalue weighted by molar-refractivity contribution is -0.126. The Balaban J connectivity index is 1.59. The van der Waals surface area contributed by atoms with Crippen LogP contribution in [0.3, 0.4) is 0 Å². The van der Waals surface area contributed by atoms with E-state index in [0.29, 0.717) is 24.1 Å². The van der Waals surface area contributed by atoms with Crippen LogP contribution in [0.4, 0.5) is 0 Å². The Morgan fingerprint density at radius 1 is 1.10 bits per heavy atom. The van der Waals surface area contributed by atoms with Crippen LogP contribution in [0.25, 0.3) is 0 Å². The van der Waals surface area contributed by atoms with Gasteiger partial charge in [-0.3, -0.25) is 4.79 Å². The summed E-state index contributed by atoms with van der Waals surface area (Å²) in [5.74, 6) is -0.454. The zero-order valence-electron chi connectivity index (χ0n) is 16.5. The average molecular weight is 416 g/mol. The van der Waals surface area contributed by atoms with Crippen molar-refractivity contribution >= 4 is 21.6 Å². The molecule has 0 bridgehead atoms. The second kappa shape index (κ2) is 8.75. The van der Waals surface area contributed by atoms with Gasteiger partial charge in [-0.15, -0.1) is 0 Å². The highest BCUT2D eigenvalue weighted by atomic mass is 32.2. The lowest BCUT2D eigenvalue weighted by Crippen LogP contribution is -2.42. The van der Waals surface area contributed by atoms with E-state index >= 15 is 0 Å². The van der Waals surface area contributed by atoms with Gasteiger partial charge < -0.3 is 5.11 Å². The Morgan fingerprint density at radius 2 is 1.72 bits per heavy atom. The van der Waals surface area contributed by atoms with Crippen LogP contribution in [0.1, 0.15) is 30.9 Å². The largest absolute Gasteiger partial charge is 0.507 e. The molecule has 0 unspecified atom stereocenters. The first-order valence-corrected chi connectivity index (χ1v) is 10.9. The number of aromatic hydroxyl groups is 1. The van der Waals surface area contributed by atoms with E-state index in [1.807, 2.05) is 6.92 Å². The first kappa shape index (κ1) is 21.0. The van der Waals surface area contributed by atoms with Gasteiger partial charge in [-0.2, -0.15) is 9.41 Å². The van der Waals surface area contributed by atoms with Crippen LogP contribution in [0.2, 0.25) is 0 Å². The third-order valence-corrected chi connectivity index (χ3v) is 7.02. The molecule has 0 aliphatic carbocycles. The maximum absolute atomic E-state index is 12.8. The topological polar surface area (TPSA) is 99.1 Å². The Labute approximate surface area is 171 Å². The molecule has 0 atom stereocenters. The van der Waals surface area contributed by atoms with Crippen molar-refractivity contribution in [2.75, 3.05) is 13.1 Å². The van der Waals surface area contributed by atoms with Crippen LogP contribution >= 0.6 is 0 Å². The third kappa shape index (κ3) is 4.83. The fourth-order valence-electron chi connectivity index (χ4n) is 3.29. The molecule has 2 aromatic rings. The lowest BCUT2D eigenvalue weighted by atomic mass is 9.98. The summed E-state index contributed by atoms with van der Waals surface area (Å²) in [5.41, 5.74) is 4.58. The molecule has 1 aliphatic heterocycles. The molecule has 0 aromatic heterocycles. The van der Waals surface area contributed by atoms with Gasteiger partial charge in [-0.25, -0.2) is 13.8 Å². The fraction of sp³-hybridized carbons (Fsp3) is 0.333. The predicted octanol–water partition coefficient (Wildman–Crippen LogP) is 2.64. The summed E-state index contributed by atoms with van der Waals surface area (Å²) >= 11 is 0. The Hall–Kier alpha value is -2.71. The zero-order chi connectivity index (χ0) is 21.0. The number of aryl methyl sites for hydroxylation is 1. The Morgan fingerprint density at radius 3 is 2.34 bits per heavy atom. The molecule has 0 saturated carbocycles. The van der Waals surface area contributed by atoms with Crippen molar-refractivity contribution in [3.8, 4) is 5.75 Å². The van der Waals surface area contributed by atoms with E-state index in [4.69, 9.17) is 0 Å². The molecular weight excluding hydrogens is 390 g/mol. The summed E-state index contributed by atoms with van der Waals surface area (Å²) in [6.07, 6.45) is 0.865. The number of piperidine rings is 1. The van der Waals surface area contributed by atoms with Crippen LogP contribution in [-0.2, 0) is 14.8 Å². The third-order valence-electron chi connectivity index (χ3n) is 5.11. The van der Waals surface area contributed by atoms with E-state index in [-0.39, 0.29) is 35.6 Å². The lowest BCUT2D eigenvalue weighted by Gasteiger charge is -2.30. The molecule has 0 spiro atoms. The summed E-state index contributed by atoms with van der Waals surface area (Å²) < 4.78 is 26.9. The first-order chi connectivity index (χ1) is 13.8. The number of nitrogens with zero attached hydrogens (tertiary/aromatic N) is 2. The van der Waals surface area contributed by atoms with E-state index in [1.165, 1.54) is 4.31 Å². The van der Waals surface area contributed by atoms with Crippen molar-refractivity contribution in [1.29, 1.82) is 0 Å². The number of hydrazone groups is 1. The Bertz CT molecular complexity index is 1010. The molecular formula is C21H25N3O4S. The van der Waals surface area contributed by atoms with Crippen LogP contribution < -0.4 is 5.43 Å². The van der Waals surface area contributed by atoms with E-state index in [2.05, 4.69) is 10.5 Å². The summed E-state index contributed by atoms with van der Waals surface area (Å²) in [6.45, 7) is 4.18. The second-order valence-electron chi connectivity index (χ2n) is 7.18. The summed E-state index contributed by atoms with van der Waals surface area (Å²) in [6, 6.07) is 13.5. The molecule has 3 rings (SSSR count). The molecule has 1 fully saturated rings. The summed E-state index contributed by atoms with van der Waals surface area (Å²) in [4.78, 5) is 12.7. The van der Waals surface area contributed by atoms with Crippen LogP contribution in [0.5, 0.6) is 5.75 Å². The number of carbonyl (C=O) groups is 1. The van der Waals surface area contributed by atoms with Gasteiger partial charge in [0.05, 0.1) is 10.6 Å². The molecule has 154 valence electrons. The summed E-state index contributed by atoms with van der Waals surface area (Å²) in [5, 5.41) is 13.9. The number of phenols is 1. The Kier molecular flexibility index (Phi) is 6.34. The molecule has 0 radical (unpaired) electrons. The second-order valence-corrected chi connectivity index (χ2v) is 9.12. The van der Waals surface area contributed by atoms with Gasteiger partial charge in [0, 0.05) is 24.6 Å². The maximum atomic E-state index is 12.8. The van der Waals surface area contributed by atoms with E-state index in [1.54, 1.807) is 55.5 Å². The highest BCUT2D eigenvalue weighted by Gasteiger charge is 2.32. The van der Waals surface area contributed by atoms with E-state index < -0.39 is 10.0 Å². The number of hydrogen-bond donors (Lipinski definition) is 2. The fourth-order valence-corrected chi connectivity index (χ4v) is 4.76. The highest BCUT2D eigenvalue weighted by molar-refractivity contribution is 7.89. The minimum Gasteiger partial charge on any atom is -0.507 e. The molecule has 7 nitrogen and oxygen atoms in total. The molecule has 1 saturated heterocycles. The molecule has 8 heteroatoms. The highest BCUT2D eigenvalue weighted by Crippen LogP contribution is 2.24. The SMILES string of the molecule is C/C(=N\NC(=O)C1CCN(S(=O)(=O)c2ccc(C)cc2)CC1)c1ccccc1O. The van der Waals surface area contributed by atoms with Crippen molar-refractivity contribution in [2.45, 2.75) is 31.6 Å². The van der Waals surface area contributed by atoms with Crippen molar-refractivity contribution < 1.29 is 18.3 Å². The van der Waals surface area contributed by atoms with Gasteiger partial charge in [-0.1, -0.05) is 29.8 Å². The first-order valence-electron chi connectivity index (χ1n) is 9.48. The smallest absolute Gasteiger partial charge is 0.243 e. The van der Waals surface area contributed by atoms with Crippen molar-refractivity contribution in [2.24, 2.45) is 11.0 Å². The number of para-hydroxylation sites is 1. The molecule has 1 heterocycles. The van der Waals surface area contributed by atoms with E-state index in [0.717, 1.165) is 5.56 Å². The monoisotopic (exact) mass is 415 g/mol. The van der Waals surface area contributed by atoms with Gasteiger partial charge >= 0.3 is 0 Å². The average Bonchev–Trinajstić information content (AvgIpc) is 2.72. The minimum absolute atomic E-state index is 0.0950. The number of rotatable bonds is 5. The van der Waals surface area contributed by atoms with Crippen molar-refractivity contribution in [3.63, 3.8) is 0 Å². The molecule has 29 heavy (non-hydrogen) atoms. The summed E-state index contributed by atoms with van der Waals surface area (Å²) in [7, 11) is -3.55. The quantitative estimate of drug-likeness (QED) is 0.579. The zero-order valence-corrected chi connectivity index (χ0v) is 17.3. The van der Waals surface area contributed by atoms with Gasteiger partial charge in [0.25, 0.3) is 0 Å². The van der Waals surface area contributed by atoms with Gasteiger partial charge in [-0.05, 0) is 51.0 Å². The van der Waals surface area contributed by atoms with Gasteiger partial charge in [0.2, 0.25) is 15.9 Å². The molecule has 1 aliphatic rings. The number of sulfonamides is 1. The number of amides is 1. The van der Waals surface area contributed by atoms with Crippen LogP contribution in [0.15, 0.2) is 58.5 Å². The number of nitrogens with one attached hydrogen (secondary N) is 1. The van der Waals surface area contributed by atoms with Crippen LogP contribution in [0, 0.1) is 12.8 Å². The minimum atomic E-state index is -3.55. The molecule has 2 aromatic carbocycles. The van der Waals surface area contributed by atoms with Crippen molar-refractivity contribution in [3.05, 3.63) is 59.7 Å². The van der Waals surface area contributed by atoms with Crippen molar-refractivity contribution in [1.82, 2.24) is 9.73 Å². The number of benzene rings is 2.